The Hall–Kier alpha value is -2.06. The molecule has 0 saturated carbocycles. The van der Waals surface area contributed by atoms with E-state index < -0.39 is 0 Å². The van der Waals surface area contributed by atoms with E-state index in [9.17, 15) is 4.79 Å². The number of amides is 1. The number of carbonyl (C=O) groups is 1. The van der Waals surface area contributed by atoms with Gasteiger partial charge in [0.1, 0.15) is 0 Å². The highest BCUT2D eigenvalue weighted by atomic mass is 35.5. The summed E-state index contributed by atoms with van der Waals surface area (Å²) in [6.45, 7) is 8.59. The minimum Gasteiger partial charge on any atom is -0.321 e. The van der Waals surface area contributed by atoms with Gasteiger partial charge in [-0.1, -0.05) is 62.7 Å². The summed E-state index contributed by atoms with van der Waals surface area (Å²) in [5.74, 6) is -0.165. The van der Waals surface area contributed by atoms with Crippen LogP contribution in [0.3, 0.4) is 0 Å². The Kier molecular flexibility index (Phi) is 5.27. The van der Waals surface area contributed by atoms with E-state index in [1.165, 1.54) is 5.57 Å². The molecule has 0 heterocycles. The molecule has 0 aliphatic carbocycles. The number of hydrogen-bond donors (Lipinski definition) is 1. The van der Waals surface area contributed by atoms with E-state index in [4.69, 9.17) is 11.6 Å². The third-order valence-corrected chi connectivity index (χ3v) is 3.70. The second kappa shape index (κ2) is 7.01. The maximum absolute atomic E-state index is 12.3. The average molecular weight is 328 g/mol. The molecule has 2 nitrogen and oxygen atoms in total. The molecule has 2 rings (SSSR count). The summed E-state index contributed by atoms with van der Waals surface area (Å²) >= 11 is 6.06. The normalized spacial score (nSPS) is 12.1. The first-order valence-electron chi connectivity index (χ1n) is 7.62. The van der Waals surface area contributed by atoms with Crippen molar-refractivity contribution in [1.29, 1.82) is 0 Å². The van der Waals surface area contributed by atoms with E-state index in [-0.39, 0.29) is 11.3 Å². The topological polar surface area (TPSA) is 29.1 Å². The summed E-state index contributed by atoms with van der Waals surface area (Å²) in [5, 5.41) is 3.36. The predicted octanol–water partition coefficient (Wildman–Crippen LogP) is 6.04. The first-order chi connectivity index (χ1) is 10.8. The van der Waals surface area contributed by atoms with E-state index in [1.54, 1.807) is 12.1 Å². The van der Waals surface area contributed by atoms with Gasteiger partial charge in [0, 0.05) is 5.56 Å². The fourth-order valence-corrected chi connectivity index (χ4v) is 2.56. The first-order valence-corrected chi connectivity index (χ1v) is 8.00. The quantitative estimate of drug-likeness (QED) is 0.731. The van der Waals surface area contributed by atoms with Gasteiger partial charge in [-0.05, 0) is 47.7 Å². The summed E-state index contributed by atoms with van der Waals surface area (Å²) in [6.07, 6.45) is 2.23. The van der Waals surface area contributed by atoms with Crippen molar-refractivity contribution in [2.45, 2.75) is 27.7 Å². The van der Waals surface area contributed by atoms with Crippen LogP contribution in [0.5, 0.6) is 0 Å². The van der Waals surface area contributed by atoms with Gasteiger partial charge in [0.25, 0.3) is 5.91 Å². The lowest BCUT2D eigenvalue weighted by Crippen LogP contribution is -2.12. The van der Waals surface area contributed by atoms with Crippen molar-refractivity contribution < 1.29 is 4.79 Å². The lowest BCUT2D eigenvalue weighted by atomic mass is 9.91. The molecule has 0 aliphatic heterocycles. The van der Waals surface area contributed by atoms with Gasteiger partial charge in [0.2, 0.25) is 0 Å². The summed E-state index contributed by atoms with van der Waals surface area (Å²) in [7, 11) is 0. The van der Waals surface area contributed by atoms with Gasteiger partial charge in [-0.3, -0.25) is 4.79 Å². The second-order valence-corrected chi connectivity index (χ2v) is 7.11. The largest absolute Gasteiger partial charge is 0.321 e. The Bertz CT molecular complexity index is 724. The molecule has 1 N–H and O–H groups in total. The van der Waals surface area contributed by atoms with Gasteiger partial charge in [0.05, 0.1) is 10.7 Å². The Morgan fingerprint density at radius 3 is 2.13 bits per heavy atom. The van der Waals surface area contributed by atoms with Crippen LogP contribution in [-0.4, -0.2) is 5.91 Å². The molecule has 23 heavy (non-hydrogen) atoms. The highest BCUT2D eigenvalue weighted by molar-refractivity contribution is 6.33. The van der Waals surface area contributed by atoms with Crippen molar-refractivity contribution in [2.75, 3.05) is 5.32 Å². The minimum atomic E-state index is -0.165. The lowest BCUT2D eigenvalue weighted by Gasteiger charge is -2.14. The van der Waals surface area contributed by atoms with Gasteiger partial charge in [-0.15, -0.1) is 0 Å². The molecule has 3 heteroatoms. The van der Waals surface area contributed by atoms with Gasteiger partial charge in [-0.2, -0.15) is 0 Å². The number of hydrogen-bond acceptors (Lipinski definition) is 1. The zero-order valence-corrected chi connectivity index (χ0v) is 14.7. The van der Waals surface area contributed by atoms with Crippen molar-refractivity contribution in [3.05, 3.63) is 70.8 Å². The van der Waals surface area contributed by atoms with Crippen LogP contribution in [0.4, 0.5) is 5.69 Å². The zero-order valence-electron chi connectivity index (χ0n) is 14.0. The van der Waals surface area contributed by atoms with Crippen molar-refractivity contribution >= 4 is 28.8 Å². The molecule has 0 bridgehead atoms. The Morgan fingerprint density at radius 1 is 1.00 bits per heavy atom. The van der Waals surface area contributed by atoms with Crippen LogP contribution in [-0.2, 0) is 0 Å². The maximum atomic E-state index is 12.3. The number of benzene rings is 2. The Balaban J connectivity index is 2.15. The van der Waals surface area contributed by atoms with Crippen LogP contribution in [0, 0.1) is 5.41 Å². The number of carbonyl (C=O) groups excluding carboxylic acids is 1. The number of allylic oxidation sites excluding steroid dienone is 2. The van der Waals surface area contributed by atoms with Crippen LogP contribution < -0.4 is 5.32 Å². The molecule has 1 amide bonds. The summed E-state index contributed by atoms with van der Waals surface area (Å²) in [4.78, 5) is 12.3. The molecule has 0 saturated heterocycles. The molecule has 0 spiro atoms. The number of nitrogens with one attached hydrogen (secondary N) is 1. The molecule has 2 aromatic carbocycles. The highest BCUT2D eigenvalue weighted by Gasteiger charge is 2.10. The third kappa shape index (κ3) is 4.97. The van der Waals surface area contributed by atoms with Crippen LogP contribution >= 0.6 is 11.6 Å². The summed E-state index contributed by atoms with van der Waals surface area (Å²) < 4.78 is 0. The predicted molar refractivity (Wildman–Crippen MR) is 99.0 cm³/mol. The van der Waals surface area contributed by atoms with Crippen LogP contribution in [0.25, 0.3) is 5.57 Å². The van der Waals surface area contributed by atoms with E-state index >= 15 is 0 Å². The Morgan fingerprint density at radius 2 is 1.57 bits per heavy atom. The molecule has 0 atom stereocenters. The molecule has 0 aromatic heterocycles. The SMILES string of the molecule is C/C(=C\C(C)(C)C)c1ccc(C(=O)Nc2ccccc2Cl)cc1. The van der Waals surface area contributed by atoms with Gasteiger partial charge in [-0.25, -0.2) is 0 Å². The van der Waals surface area contributed by atoms with E-state index in [0.717, 1.165) is 5.56 Å². The van der Waals surface area contributed by atoms with Crippen molar-refractivity contribution in [3.63, 3.8) is 0 Å². The standard InChI is InChI=1S/C20H22ClNO/c1-14(13-20(2,3)4)15-9-11-16(12-10-15)19(23)22-18-8-6-5-7-17(18)21/h5-13H,1-4H3,(H,22,23)/b14-13+. The minimum absolute atomic E-state index is 0.129. The van der Waals surface area contributed by atoms with Crippen molar-refractivity contribution in [2.24, 2.45) is 5.41 Å². The molecule has 0 unspecified atom stereocenters. The monoisotopic (exact) mass is 327 g/mol. The first kappa shape index (κ1) is 17.3. The number of para-hydroxylation sites is 1. The smallest absolute Gasteiger partial charge is 0.255 e. The van der Waals surface area contributed by atoms with Crippen LogP contribution in [0.1, 0.15) is 43.6 Å². The Labute approximate surface area is 143 Å². The molecule has 2 aromatic rings. The van der Waals surface area contributed by atoms with Crippen molar-refractivity contribution in [3.8, 4) is 0 Å². The fraction of sp³-hybridized carbons (Fsp3) is 0.250. The molecule has 120 valence electrons. The number of rotatable bonds is 3. The lowest BCUT2D eigenvalue weighted by molar-refractivity contribution is 0.102. The van der Waals surface area contributed by atoms with Gasteiger partial charge >= 0.3 is 0 Å². The maximum Gasteiger partial charge on any atom is 0.255 e. The van der Waals surface area contributed by atoms with Crippen molar-refractivity contribution in [1.82, 2.24) is 0 Å². The van der Waals surface area contributed by atoms with Gasteiger partial charge < -0.3 is 5.32 Å². The van der Waals surface area contributed by atoms with Crippen LogP contribution in [0.15, 0.2) is 54.6 Å². The zero-order chi connectivity index (χ0) is 17.0. The average Bonchev–Trinajstić information content (AvgIpc) is 2.48. The highest BCUT2D eigenvalue weighted by Crippen LogP contribution is 2.24. The van der Waals surface area contributed by atoms with E-state index in [0.29, 0.717) is 16.3 Å². The fourth-order valence-electron chi connectivity index (χ4n) is 2.37. The van der Waals surface area contributed by atoms with Crippen LogP contribution in [0.2, 0.25) is 5.02 Å². The summed E-state index contributed by atoms with van der Waals surface area (Å²) in [6, 6.07) is 14.8. The molecule has 0 radical (unpaired) electrons. The molecular weight excluding hydrogens is 306 g/mol. The van der Waals surface area contributed by atoms with Gasteiger partial charge in [0.15, 0.2) is 0 Å². The number of anilines is 1. The molecular formula is C20H22ClNO. The van der Waals surface area contributed by atoms with E-state index in [1.807, 2.05) is 36.4 Å². The van der Waals surface area contributed by atoms with E-state index in [2.05, 4.69) is 39.1 Å². The second-order valence-electron chi connectivity index (χ2n) is 6.70. The third-order valence-electron chi connectivity index (χ3n) is 3.37. The molecule has 0 aliphatic rings. The number of halogens is 1. The molecule has 0 fully saturated rings. The summed E-state index contributed by atoms with van der Waals surface area (Å²) in [5.41, 5.74) is 3.68.